The van der Waals surface area contributed by atoms with E-state index in [4.69, 9.17) is 28.9 Å². The number of aromatic hydroxyl groups is 1. The fraction of sp³-hybridized carbons (Fsp3) is 0.136. The van der Waals surface area contributed by atoms with Crippen LogP contribution in [-0.4, -0.2) is 14.7 Å². The van der Waals surface area contributed by atoms with Crippen LogP contribution in [0.5, 0.6) is 5.88 Å². The van der Waals surface area contributed by atoms with Crippen molar-refractivity contribution in [3.05, 3.63) is 75.5 Å². The Morgan fingerprint density at radius 2 is 1.86 bits per heavy atom. The van der Waals surface area contributed by atoms with E-state index in [1.807, 2.05) is 50.4 Å². The van der Waals surface area contributed by atoms with Crippen LogP contribution in [0, 0.1) is 13.8 Å². The smallest absolute Gasteiger partial charge is 0.223 e. The summed E-state index contributed by atoms with van der Waals surface area (Å²) in [6.45, 7) is 4.19. The highest BCUT2D eigenvalue weighted by Crippen LogP contribution is 2.41. The maximum absolute atomic E-state index is 11.0. The lowest BCUT2D eigenvalue weighted by Crippen LogP contribution is -2.04. The van der Waals surface area contributed by atoms with Crippen LogP contribution in [0.2, 0.25) is 10.0 Å². The minimum absolute atomic E-state index is 0.0855. The van der Waals surface area contributed by atoms with E-state index in [1.165, 1.54) is 0 Å². The molecule has 2 aromatic carbocycles. The Morgan fingerprint density at radius 3 is 2.54 bits per heavy atom. The maximum Gasteiger partial charge on any atom is 0.223 e. The zero-order valence-corrected chi connectivity index (χ0v) is 17.0. The highest BCUT2D eigenvalue weighted by Gasteiger charge is 2.21. The van der Waals surface area contributed by atoms with Gasteiger partial charge in [-0.3, -0.25) is 4.57 Å². The summed E-state index contributed by atoms with van der Waals surface area (Å²) in [5.74, 6) is 0.0855. The second-order valence-electron chi connectivity index (χ2n) is 6.75. The van der Waals surface area contributed by atoms with E-state index in [9.17, 15) is 5.11 Å². The lowest BCUT2D eigenvalue weighted by molar-refractivity contribution is 0.447. The fourth-order valence-corrected chi connectivity index (χ4v) is 4.13. The molecule has 0 aliphatic carbocycles. The first-order valence-electron chi connectivity index (χ1n) is 8.87. The van der Waals surface area contributed by atoms with Crippen LogP contribution < -0.4 is 5.73 Å². The Hall–Kier alpha value is -2.53. The van der Waals surface area contributed by atoms with Gasteiger partial charge >= 0.3 is 0 Å². The van der Waals surface area contributed by atoms with Gasteiger partial charge < -0.3 is 10.8 Å². The van der Waals surface area contributed by atoms with Crippen LogP contribution in [0.4, 0.5) is 0 Å². The number of rotatable bonds is 3. The molecule has 4 nitrogen and oxygen atoms in total. The number of halogens is 2. The second kappa shape index (κ2) is 7.13. The van der Waals surface area contributed by atoms with E-state index in [-0.39, 0.29) is 5.88 Å². The molecule has 0 unspecified atom stereocenters. The second-order valence-corrected chi connectivity index (χ2v) is 7.59. The van der Waals surface area contributed by atoms with Crippen LogP contribution in [0.25, 0.3) is 27.7 Å². The van der Waals surface area contributed by atoms with Crippen molar-refractivity contribution >= 4 is 34.1 Å². The summed E-state index contributed by atoms with van der Waals surface area (Å²) < 4.78 is 1.75. The summed E-state index contributed by atoms with van der Waals surface area (Å²) >= 11 is 12.6. The predicted octanol–water partition coefficient (Wildman–Crippen LogP) is 5.78. The lowest BCUT2D eigenvalue weighted by Gasteiger charge is -2.14. The van der Waals surface area contributed by atoms with Crippen LogP contribution in [0.15, 0.2) is 48.7 Å². The third-order valence-electron chi connectivity index (χ3n) is 5.02. The largest absolute Gasteiger partial charge is 0.493 e. The third-order valence-corrected chi connectivity index (χ3v) is 5.57. The van der Waals surface area contributed by atoms with Crippen molar-refractivity contribution < 1.29 is 5.11 Å². The molecule has 0 bridgehead atoms. The quantitative estimate of drug-likeness (QED) is 0.448. The first-order chi connectivity index (χ1) is 13.4. The standard InChI is InChI=1S/C22H19Cl2N3O/c1-12-5-3-4-6-19(12)27-11-17-20(15-8-7-14(23)9-18(15)24)16(10-25)13(2)26-21(17)22(27)28/h3-9,11,28H,10,25H2,1-2H3. The number of hydrogen-bond acceptors (Lipinski definition) is 3. The number of nitrogens with zero attached hydrogens (tertiary/aromatic N) is 2. The first-order valence-corrected chi connectivity index (χ1v) is 9.63. The van der Waals surface area contributed by atoms with Gasteiger partial charge in [0.1, 0.15) is 5.52 Å². The molecule has 3 N–H and O–H groups in total. The molecule has 0 amide bonds. The SMILES string of the molecule is Cc1ccccc1-n1cc2c(-c3ccc(Cl)cc3Cl)c(CN)c(C)nc2c1O. The number of hydrogen-bond donors (Lipinski definition) is 2. The Bertz CT molecular complexity index is 1210. The predicted molar refractivity (Wildman–Crippen MR) is 116 cm³/mol. The van der Waals surface area contributed by atoms with Gasteiger partial charge in [-0.05, 0) is 43.2 Å². The Labute approximate surface area is 173 Å². The van der Waals surface area contributed by atoms with E-state index < -0.39 is 0 Å². The highest BCUT2D eigenvalue weighted by atomic mass is 35.5. The third kappa shape index (κ3) is 2.94. The molecule has 142 valence electrons. The number of aryl methyl sites for hydroxylation is 2. The van der Waals surface area contributed by atoms with E-state index in [0.717, 1.165) is 39.0 Å². The molecule has 0 saturated carbocycles. The zero-order valence-electron chi connectivity index (χ0n) is 15.5. The summed E-state index contributed by atoms with van der Waals surface area (Å²) in [4.78, 5) is 4.64. The van der Waals surface area contributed by atoms with Gasteiger partial charge in [0, 0.05) is 45.0 Å². The van der Waals surface area contributed by atoms with Crippen molar-refractivity contribution in [1.82, 2.24) is 9.55 Å². The molecule has 0 aliphatic rings. The summed E-state index contributed by atoms with van der Waals surface area (Å²) in [7, 11) is 0. The molecule has 6 heteroatoms. The van der Waals surface area contributed by atoms with E-state index in [2.05, 4.69) is 4.98 Å². The molecule has 2 aromatic heterocycles. The molecule has 0 saturated heterocycles. The average Bonchev–Trinajstić information content (AvgIpc) is 2.98. The summed E-state index contributed by atoms with van der Waals surface area (Å²) in [5, 5.41) is 12.8. The molecule has 0 fully saturated rings. The van der Waals surface area contributed by atoms with Gasteiger partial charge in [0.2, 0.25) is 5.88 Å². The number of para-hydroxylation sites is 1. The molecule has 4 aromatic rings. The van der Waals surface area contributed by atoms with E-state index in [0.29, 0.717) is 22.1 Å². The van der Waals surface area contributed by atoms with Gasteiger partial charge in [-0.15, -0.1) is 0 Å². The van der Waals surface area contributed by atoms with Gasteiger partial charge in [0.15, 0.2) is 0 Å². The number of aromatic nitrogens is 2. The van der Waals surface area contributed by atoms with Gasteiger partial charge in [-0.2, -0.15) is 0 Å². The summed E-state index contributed by atoms with van der Waals surface area (Å²) in [6.07, 6.45) is 1.89. The van der Waals surface area contributed by atoms with Crippen molar-refractivity contribution in [2.45, 2.75) is 20.4 Å². The van der Waals surface area contributed by atoms with Crippen molar-refractivity contribution in [3.8, 4) is 22.7 Å². The molecule has 0 aliphatic heterocycles. The van der Waals surface area contributed by atoms with E-state index in [1.54, 1.807) is 16.7 Å². The van der Waals surface area contributed by atoms with Crippen LogP contribution >= 0.6 is 23.2 Å². The number of fused-ring (bicyclic) bond motifs is 1. The van der Waals surface area contributed by atoms with Gasteiger partial charge in [0.05, 0.1) is 5.69 Å². The van der Waals surface area contributed by atoms with Crippen LogP contribution in [-0.2, 0) is 6.54 Å². The summed E-state index contributed by atoms with van der Waals surface area (Å²) in [6, 6.07) is 13.2. The molecule has 0 atom stereocenters. The zero-order chi connectivity index (χ0) is 20.0. The number of pyridine rings is 1. The molecule has 4 rings (SSSR count). The van der Waals surface area contributed by atoms with Crippen LogP contribution in [0.3, 0.4) is 0 Å². The molecular weight excluding hydrogens is 393 g/mol. The average molecular weight is 412 g/mol. The van der Waals surface area contributed by atoms with Crippen molar-refractivity contribution in [2.75, 3.05) is 0 Å². The molecule has 28 heavy (non-hydrogen) atoms. The Balaban J connectivity index is 2.11. The van der Waals surface area contributed by atoms with E-state index >= 15 is 0 Å². The van der Waals surface area contributed by atoms with Gasteiger partial charge in [-0.1, -0.05) is 47.5 Å². The maximum atomic E-state index is 11.0. The van der Waals surface area contributed by atoms with Gasteiger partial charge in [-0.25, -0.2) is 4.98 Å². The monoisotopic (exact) mass is 411 g/mol. The number of nitrogens with two attached hydrogens (primary N) is 1. The normalized spacial score (nSPS) is 11.3. The van der Waals surface area contributed by atoms with Gasteiger partial charge in [0.25, 0.3) is 0 Å². The topological polar surface area (TPSA) is 64.1 Å². The lowest BCUT2D eigenvalue weighted by atomic mass is 9.96. The minimum atomic E-state index is 0.0855. The molecule has 2 heterocycles. The van der Waals surface area contributed by atoms with Crippen molar-refractivity contribution in [1.29, 1.82) is 0 Å². The Morgan fingerprint density at radius 1 is 1.11 bits per heavy atom. The number of benzene rings is 2. The molecule has 0 radical (unpaired) electrons. The van der Waals surface area contributed by atoms with Crippen molar-refractivity contribution in [2.24, 2.45) is 5.73 Å². The Kier molecular flexibility index (Phi) is 4.79. The first kappa shape index (κ1) is 18.8. The minimum Gasteiger partial charge on any atom is -0.493 e. The summed E-state index contributed by atoms with van der Waals surface area (Å²) in [5.41, 5.74) is 11.8. The molecule has 0 spiro atoms. The fourth-order valence-electron chi connectivity index (χ4n) is 3.62. The van der Waals surface area contributed by atoms with Crippen LogP contribution in [0.1, 0.15) is 16.8 Å². The van der Waals surface area contributed by atoms with Crippen molar-refractivity contribution in [3.63, 3.8) is 0 Å². The highest BCUT2D eigenvalue weighted by molar-refractivity contribution is 6.36. The molecular formula is C22H19Cl2N3O.